The lowest BCUT2D eigenvalue weighted by Gasteiger charge is -2.34. The molecule has 0 saturated carbocycles. The van der Waals surface area contributed by atoms with Crippen LogP contribution in [0.2, 0.25) is 0 Å². The fourth-order valence-electron chi connectivity index (χ4n) is 18.0. The molecule has 22 aromatic rings. The molecule has 482 valence electrons. The Bertz CT molecular complexity index is 7170. The van der Waals surface area contributed by atoms with E-state index >= 15 is 0 Å². The summed E-state index contributed by atoms with van der Waals surface area (Å²) in [6.45, 7) is 0. The molecule has 0 aliphatic carbocycles. The van der Waals surface area contributed by atoms with Gasteiger partial charge in [0.05, 0.1) is 0 Å². The number of benzene rings is 19. The van der Waals surface area contributed by atoms with Gasteiger partial charge < -0.3 is 13.3 Å². The molecule has 0 fully saturated rings. The van der Waals surface area contributed by atoms with E-state index in [1.165, 1.54) is 119 Å². The molecule has 0 saturated heterocycles. The van der Waals surface area contributed by atoms with Crippen molar-refractivity contribution in [1.29, 1.82) is 0 Å². The van der Waals surface area contributed by atoms with E-state index in [2.05, 4.69) is 364 Å². The zero-order chi connectivity index (χ0) is 68.1. The molecule has 3 aromatic heterocycles. The molecule has 0 radical (unpaired) electrons. The third-order valence-electron chi connectivity index (χ3n) is 22.6. The summed E-state index contributed by atoms with van der Waals surface area (Å²) in [4.78, 5) is 0. The molecule has 0 bridgehead atoms. The van der Waals surface area contributed by atoms with Crippen LogP contribution in [0.15, 0.2) is 377 Å². The highest BCUT2D eigenvalue weighted by Gasteiger charge is 2.42. The first-order valence-electron chi connectivity index (χ1n) is 35.8. The van der Waals surface area contributed by atoms with Crippen LogP contribution in [-0.4, -0.2) is 8.07 Å². The third-order valence-corrected chi connectivity index (χ3v) is 27.4. The van der Waals surface area contributed by atoms with Gasteiger partial charge in [0.2, 0.25) is 0 Å². The van der Waals surface area contributed by atoms with E-state index in [4.69, 9.17) is 13.3 Å². The Hall–Kier alpha value is -13.4. The highest BCUT2D eigenvalue weighted by molar-refractivity contribution is 7.20. The topological polar surface area (TPSA) is 39.4 Å². The van der Waals surface area contributed by atoms with Crippen LogP contribution in [0.5, 0.6) is 0 Å². The van der Waals surface area contributed by atoms with Gasteiger partial charge in [0, 0.05) is 43.3 Å². The highest BCUT2D eigenvalue weighted by Crippen LogP contribution is 2.52. The van der Waals surface area contributed by atoms with Gasteiger partial charge in [0.1, 0.15) is 33.5 Å². The molecule has 19 aromatic carbocycles. The minimum atomic E-state index is -3.08. The van der Waals surface area contributed by atoms with Crippen LogP contribution in [0, 0.1) is 0 Å². The van der Waals surface area contributed by atoms with Crippen LogP contribution in [0.25, 0.3) is 197 Å². The van der Waals surface area contributed by atoms with Crippen molar-refractivity contribution in [3.8, 4) is 55.6 Å². The molecule has 104 heavy (non-hydrogen) atoms. The molecule has 0 aliphatic heterocycles. The minimum absolute atomic E-state index is 0.857. The number of rotatable bonds is 9. The van der Waals surface area contributed by atoms with Crippen LogP contribution < -0.4 is 20.7 Å². The molecule has 0 spiro atoms. The molecule has 0 atom stereocenters. The first-order chi connectivity index (χ1) is 51.6. The Kier molecular flexibility index (Phi) is 12.8. The second kappa shape index (κ2) is 22.8. The van der Waals surface area contributed by atoms with Crippen molar-refractivity contribution >= 4 is 170 Å². The summed E-state index contributed by atoms with van der Waals surface area (Å²) in [5, 5.41) is 28.3. The first kappa shape index (κ1) is 58.4. The smallest absolute Gasteiger partial charge is 0.179 e. The van der Waals surface area contributed by atoms with Crippen LogP contribution >= 0.6 is 0 Å². The van der Waals surface area contributed by atoms with Gasteiger partial charge in [-0.15, -0.1) is 0 Å². The number of furan rings is 3. The normalized spacial score (nSPS) is 12.2. The molecule has 3 nitrogen and oxygen atoms in total. The monoisotopic (exact) mass is 1340 g/mol. The lowest BCUT2D eigenvalue weighted by Crippen LogP contribution is -2.74. The quantitative estimate of drug-likeness (QED) is 0.0821. The summed E-state index contributed by atoms with van der Waals surface area (Å²) in [6.07, 6.45) is 0. The lowest BCUT2D eigenvalue weighted by atomic mass is 9.84. The fraction of sp³-hybridized carbons (Fsp3) is 0. The van der Waals surface area contributed by atoms with E-state index < -0.39 is 8.07 Å². The first-order valence-corrected chi connectivity index (χ1v) is 37.8. The predicted molar refractivity (Wildman–Crippen MR) is 442 cm³/mol. The average Bonchev–Trinajstić information content (AvgIpc) is 1.10. The minimum Gasteiger partial charge on any atom is -0.456 e. The van der Waals surface area contributed by atoms with Crippen LogP contribution in [0.1, 0.15) is 0 Å². The second-order valence-electron chi connectivity index (χ2n) is 27.9. The molecule has 0 amide bonds. The molecule has 0 aliphatic rings. The highest BCUT2D eigenvalue weighted by atomic mass is 28.3. The van der Waals surface area contributed by atoms with Gasteiger partial charge in [-0.1, -0.05) is 309 Å². The van der Waals surface area contributed by atoms with E-state index in [0.717, 1.165) is 98.8 Å². The van der Waals surface area contributed by atoms with E-state index in [1.807, 2.05) is 0 Å². The maximum absolute atomic E-state index is 7.39. The Morgan fingerprint density at radius 3 is 1.11 bits per heavy atom. The summed E-state index contributed by atoms with van der Waals surface area (Å²) in [6, 6.07) is 135. The summed E-state index contributed by atoms with van der Waals surface area (Å²) in [5.41, 5.74) is 16.8. The Labute approximate surface area is 599 Å². The third kappa shape index (κ3) is 8.64. The van der Waals surface area contributed by atoms with Crippen molar-refractivity contribution < 1.29 is 13.3 Å². The Morgan fingerprint density at radius 1 is 0.173 bits per heavy atom. The summed E-state index contributed by atoms with van der Waals surface area (Å²) in [7, 11) is -3.08. The average molecular weight is 1340 g/mol. The van der Waals surface area contributed by atoms with Gasteiger partial charge in [-0.25, -0.2) is 0 Å². The fourth-order valence-corrected chi connectivity index (χ4v) is 22.7. The largest absolute Gasteiger partial charge is 0.456 e. The van der Waals surface area contributed by atoms with E-state index in [9.17, 15) is 0 Å². The Morgan fingerprint density at radius 2 is 0.558 bits per heavy atom. The summed E-state index contributed by atoms with van der Waals surface area (Å²) < 4.78 is 20.9. The van der Waals surface area contributed by atoms with Crippen molar-refractivity contribution in [2.24, 2.45) is 0 Å². The van der Waals surface area contributed by atoms with Gasteiger partial charge in [-0.2, -0.15) is 0 Å². The maximum Gasteiger partial charge on any atom is 0.179 e. The zero-order valence-electron chi connectivity index (χ0n) is 56.4. The predicted octanol–water partition coefficient (Wildman–Crippen LogP) is 25.2. The van der Waals surface area contributed by atoms with Crippen molar-refractivity contribution in [2.75, 3.05) is 0 Å². The van der Waals surface area contributed by atoms with Gasteiger partial charge in [-0.05, 0) is 195 Å². The SMILES string of the molecule is c1ccc([Si](c2ccccc2)(c2ccc(-c3c4ccccc4c(-c4cccc5oc6cc7ccccc7cc6c45)c4ccccc34)cc2)c2ccc(-c3ccc(-c4c5ccccc5c(-c5ccc6c(c5)oc5c7ccccc7ccc65)c5ccccc45)c4c3oc3cc5ccccc5cc34)cc2)cc1. The van der Waals surface area contributed by atoms with Crippen LogP contribution in [-0.2, 0) is 0 Å². The summed E-state index contributed by atoms with van der Waals surface area (Å²) >= 11 is 0. The van der Waals surface area contributed by atoms with Gasteiger partial charge in [-0.3, -0.25) is 0 Å². The number of fused-ring (bicyclic) bond motifs is 17. The molecule has 4 heteroatoms. The zero-order valence-corrected chi connectivity index (χ0v) is 57.4. The lowest BCUT2D eigenvalue weighted by molar-refractivity contribution is 0.669. The van der Waals surface area contributed by atoms with Crippen molar-refractivity contribution in [3.05, 3.63) is 364 Å². The number of hydrogen-bond donors (Lipinski definition) is 0. The van der Waals surface area contributed by atoms with Crippen molar-refractivity contribution in [2.45, 2.75) is 0 Å². The van der Waals surface area contributed by atoms with Gasteiger partial charge >= 0.3 is 0 Å². The van der Waals surface area contributed by atoms with E-state index in [-0.39, 0.29) is 0 Å². The standard InChI is InChI=1S/C100H60O3Si/c1-3-27-69(28-4-1)104(70-29-5-2-6-30-70,72-50-44-63(45-51-72)93-76-32-13-17-36-80(76)95(81-37-18-14-33-77(81)93)85-40-21-41-89-97(85)87-56-64-23-7-9-25-66(64)58-91(87)101-89)71-48-42-62(43-49-71)74-54-55-86(98-88-57-65-24-8-10-26-67(65)59-92(88)103-100(74)98)96-82-38-19-15-34-78(82)94(79-35-16-20-39-83(79)96)68-47-52-75-84-53-46-61-22-11-12-31-73(61)99(84)102-90(75)60-68/h1-60H. The molecule has 0 unspecified atom stereocenters. The summed E-state index contributed by atoms with van der Waals surface area (Å²) in [5.74, 6) is 0. The molecule has 3 heterocycles. The molecule has 22 rings (SSSR count). The maximum atomic E-state index is 7.39. The van der Waals surface area contributed by atoms with Gasteiger partial charge in [0.15, 0.2) is 8.07 Å². The van der Waals surface area contributed by atoms with E-state index in [0.29, 0.717) is 0 Å². The van der Waals surface area contributed by atoms with Crippen LogP contribution in [0.4, 0.5) is 0 Å². The molecular weight excluding hydrogens is 1280 g/mol. The Balaban J connectivity index is 0.705. The van der Waals surface area contributed by atoms with Crippen LogP contribution in [0.3, 0.4) is 0 Å². The van der Waals surface area contributed by atoms with E-state index in [1.54, 1.807) is 0 Å². The second-order valence-corrected chi connectivity index (χ2v) is 31.7. The van der Waals surface area contributed by atoms with Crippen molar-refractivity contribution in [3.63, 3.8) is 0 Å². The van der Waals surface area contributed by atoms with Gasteiger partial charge in [0.25, 0.3) is 0 Å². The van der Waals surface area contributed by atoms with Crippen molar-refractivity contribution in [1.82, 2.24) is 0 Å². The number of hydrogen-bond acceptors (Lipinski definition) is 3. The molecular formula is C100H60O3Si. The molecule has 0 N–H and O–H groups in total.